The molecule has 0 radical (unpaired) electrons. The van der Waals surface area contributed by atoms with Gasteiger partial charge in [-0.15, -0.1) is 5.10 Å². The molecular weight excluding hydrogens is 378 g/mol. The molecule has 10 heteroatoms. The molecule has 10 nitrogen and oxygen atoms in total. The number of carbonyl (C=O) groups excluding carboxylic acids is 2. The van der Waals surface area contributed by atoms with Crippen molar-refractivity contribution in [3.05, 3.63) is 47.5 Å². The first-order valence-corrected chi connectivity index (χ1v) is 8.85. The maximum absolute atomic E-state index is 12.1. The molecule has 2 heterocycles. The molecule has 0 fully saturated rings. The van der Waals surface area contributed by atoms with Gasteiger partial charge >= 0.3 is 5.97 Å². The van der Waals surface area contributed by atoms with Gasteiger partial charge in [-0.1, -0.05) is 6.07 Å². The number of benzene rings is 1. The zero-order valence-corrected chi connectivity index (χ0v) is 16.3. The molecule has 0 spiro atoms. The number of rotatable bonds is 8. The van der Waals surface area contributed by atoms with Crippen molar-refractivity contribution >= 4 is 17.7 Å². The van der Waals surface area contributed by atoms with Crippen LogP contribution in [0.1, 0.15) is 21.9 Å². The number of fused-ring (bicyclic) bond motifs is 1. The standard InChI is InChI=1S/C19H21N5O5/c1-12-6-8-21-19-22-17(23-24(12)19)18(26)29-11-16(25)20-9-7-13-4-5-14(27-2)15(10-13)28-3/h4-6,8,10H,7,9,11H2,1-3H3,(H,20,25). The smallest absolute Gasteiger partial charge is 0.378 e. The molecular formula is C19H21N5O5. The Hall–Kier alpha value is -3.69. The number of nitrogens with zero attached hydrogens (tertiary/aromatic N) is 4. The Labute approximate surface area is 166 Å². The molecule has 152 valence electrons. The topological polar surface area (TPSA) is 117 Å². The molecule has 1 aromatic carbocycles. The number of carbonyl (C=O) groups is 2. The first kappa shape index (κ1) is 20.1. The van der Waals surface area contributed by atoms with Crippen molar-refractivity contribution in [2.24, 2.45) is 0 Å². The molecule has 2 aromatic heterocycles. The van der Waals surface area contributed by atoms with Crippen molar-refractivity contribution in [1.29, 1.82) is 0 Å². The summed E-state index contributed by atoms with van der Waals surface area (Å²) in [5, 5.41) is 6.73. The highest BCUT2D eigenvalue weighted by atomic mass is 16.5. The van der Waals surface area contributed by atoms with Crippen LogP contribution in [0.15, 0.2) is 30.5 Å². The molecule has 0 bridgehead atoms. The first-order chi connectivity index (χ1) is 14.0. The van der Waals surface area contributed by atoms with Crippen molar-refractivity contribution in [2.75, 3.05) is 27.4 Å². The Morgan fingerprint density at radius 3 is 2.66 bits per heavy atom. The second-order valence-corrected chi connectivity index (χ2v) is 6.10. The molecule has 0 saturated heterocycles. The molecule has 0 aliphatic rings. The van der Waals surface area contributed by atoms with Crippen LogP contribution in [0.5, 0.6) is 11.5 Å². The van der Waals surface area contributed by atoms with E-state index in [9.17, 15) is 9.59 Å². The monoisotopic (exact) mass is 399 g/mol. The molecule has 0 saturated carbocycles. The summed E-state index contributed by atoms with van der Waals surface area (Å²) in [5.41, 5.74) is 1.74. The molecule has 29 heavy (non-hydrogen) atoms. The molecule has 0 aliphatic heterocycles. The summed E-state index contributed by atoms with van der Waals surface area (Å²) in [7, 11) is 3.13. The summed E-state index contributed by atoms with van der Waals surface area (Å²) in [5.74, 6) is 0.191. The van der Waals surface area contributed by atoms with Gasteiger partial charge in [0, 0.05) is 18.4 Å². The van der Waals surface area contributed by atoms with E-state index in [1.165, 1.54) is 4.52 Å². The zero-order valence-electron chi connectivity index (χ0n) is 16.3. The fraction of sp³-hybridized carbons (Fsp3) is 0.316. The van der Waals surface area contributed by atoms with E-state index in [1.807, 2.05) is 19.1 Å². The number of hydrogen-bond acceptors (Lipinski definition) is 8. The Balaban J connectivity index is 1.47. The van der Waals surface area contributed by atoms with Crippen molar-refractivity contribution in [3.8, 4) is 11.5 Å². The largest absolute Gasteiger partial charge is 0.493 e. The Bertz CT molecular complexity index is 1030. The van der Waals surface area contributed by atoms with E-state index in [0.717, 1.165) is 11.3 Å². The molecule has 1 N–H and O–H groups in total. The quantitative estimate of drug-likeness (QED) is 0.557. The summed E-state index contributed by atoms with van der Waals surface area (Å²) in [6.07, 6.45) is 2.15. The van der Waals surface area contributed by atoms with Crippen LogP contribution in [0.25, 0.3) is 5.78 Å². The average Bonchev–Trinajstić information content (AvgIpc) is 3.17. The van der Waals surface area contributed by atoms with E-state index < -0.39 is 18.5 Å². The van der Waals surface area contributed by atoms with E-state index in [0.29, 0.717) is 24.5 Å². The minimum Gasteiger partial charge on any atom is -0.493 e. The molecule has 3 rings (SSSR count). The van der Waals surface area contributed by atoms with Gasteiger partial charge in [0.05, 0.1) is 14.2 Å². The maximum atomic E-state index is 12.1. The fourth-order valence-electron chi connectivity index (χ4n) is 2.62. The lowest BCUT2D eigenvalue weighted by molar-refractivity contribution is -0.124. The minimum atomic E-state index is -0.787. The van der Waals surface area contributed by atoms with Crippen molar-refractivity contribution in [3.63, 3.8) is 0 Å². The highest BCUT2D eigenvalue weighted by molar-refractivity contribution is 5.88. The van der Waals surface area contributed by atoms with Crippen molar-refractivity contribution < 1.29 is 23.8 Å². The third kappa shape index (κ3) is 4.78. The predicted octanol–water partition coefficient (Wildman–Crippen LogP) is 0.966. The summed E-state index contributed by atoms with van der Waals surface area (Å²) in [6.45, 7) is 1.76. The van der Waals surface area contributed by atoms with Crippen LogP contribution in [0.2, 0.25) is 0 Å². The summed E-state index contributed by atoms with van der Waals surface area (Å²) < 4.78 is 16.8. The van der Waals surface area contributed by atoms with E-state index in [1.54, 1.807) is 32.5 Å². The van der Waals surface area contributed by atoms with Crippen LogP contribution in [-0.4, -0.2) is 58.8 Å². The highest BCUT2D eigenvalue weighted by Crippen LogP contribution is 2.27. The summed E-state index contributed by atoms with van der Waals surface area (Å²) >= 11 is 0. The van der Waals surface area contributed by atoms with E-state index in [4.69, 9.17) is 14.2 Å². The second-order valence-electron chi connectivity index (χ2n) is 6.10. The van der Waals surface area contributed by atoms with Crippen LogP contribution in [0.3, 0.4) is 0 Å². The number of methoxy groups -OCH3 is 2. The lowest BCUT2D eigenvalue weighted by Crippen LogP contribution is -2.30. The van der Waals surface area contributed by atoms with Gasteiger partial charge < -0.3 is 19.5 Å². The van der Waals surface area contributed by atoms with Gasteiger partial charge in [0.2, 0.25) is 0 Å². The van der Waals surface area contributed by atoms with Gasteiger partial charge in [0.15, 0.2) is 18.1 Å². The van der Waals surface area contributed by atoms with E-state index >= 15 is 0 Å². The highest BCUT2D eigenvalue weighted by Gasteiger charge is 2.17. The molecule has 3 aromatic rings. The summed E-state index contributed by atoms with van der Waals surface area (Å²) in [6, 6.07) is 7.27. The number of hydrogen-bond donors (Lipinski definition) is 1. The third-order valence-corrected chi connectivity index (χ3v) is 4.13. The number of esters is 1. The SMILES string of the molecule is COc1ccc(CCNC(=O)COC(=O)c2nc3nccc(C)n3n2)cc1OC. The molecule has 1 amide bonds. The van der Waals surface area contributed by atoms with Gasteiger partial charge in [-0.2, -0.15) is 4.98 Å². The zero-order chi connectivity index (χ0) is 20.8. The number of nitrogens with one attached hydrogen (secondary N) is 1. The summed E-state index contributed by atoms with van der Waals surface area (Å²) in [4.78, 5) is 32.0. The number of aromatic nitrogens is 4. The molecule has 0 atom stereocenters. The van der Waals surface area contributed by atoms with Crippen LogP contribution >= 0.6 is 0 Å². The van der Waals surface area contributed by atoms with Crippen molar-refractivity contribution in [2.45, 2.75) is 13.3 Å². The van der Waals surface area contributed by atoms with E-state index in [-0.39, 0.29) is 11.6 Å². The van der Waals surface area contributed by atoms with Gasteiger partial charge in [-0.25, -0.2) is 14.3 Å². The molecule has 0 aliphatic carbocycles. The molecule has 0 unspecified atom stereocenters. The third-order valence-electron chi connectivity index (χ3n) is 4.13. The lowest BCUT2D eigenvalue weighted by atomic mass is 10.1. The second kappa shape index (κ2) is 9.00. The maximum Gasteiger partial charge on any atom is 0.378 e. The fourth-order valence-corrected chi connectivity index (χ4v) is 2.62. The Kier molecular flexibility index (Phi) is 6.22. The normalized spacial score (nSPS) is 10.6. The number of aryl methyl sites for hydroxylation is 1. The Morgan fingerprint density at radius 1 is 1.14 bits per heavy atom. The Morgan fingerprint density at radius 2 is 1.93 bits per heavy atom. The van der Waals surface area contributed by atoms with Crippen LogP contribution in [-0.2, 0) is 16.0 Å². The first-order valence-electron chi connectivity index (χ1n) is 8.85. The van der Waals surface area contributed by atoms with E-state index in [2.05, 4.69) is 20.4 Å². The van der Waals surface area contributed by atoms with Gasteiger partial charge in [-0.3, -0.25) is 4.79 Å². The lowest BCUT2D eigenvalue weighted by Gasteiger charge is -2.10. The van der Waals surface area contributed by atoms with Gasteiger partial charge in [-0.05, 0) is 37.1 Å². The number of amides is 1. The van der Waals surface area contributed by atoms with Crippen LogP contribution < -0.4 is 14.8 Å². The predicted molar refractivity (Wildman–Crippen MR) is 102 cm³/mol. The van der Waals surface area contributed by atoms with Crippen LogP contribution in [0, 0.1) is 6.92 Å². The minimum absolute atomic E-state index is 0.148. The average molecular weight is 399 g/mol. The van der Waals surface area contributed by atoms with Crippen molar-refractivity contribution in [1.82, 2.24) is 24.9 Å². The number of ether oxygens (including phenoxy) is 3. The van der Waals surface area contributed by atoms with Gasteiger partial charge in [0.1, 0.15) is 0 Å². The van der Waals surface area contributed by atoms with Crippen LogP contribution in [0.4, 0.5) is 0 Å². The van der Waals surface area contributed by atoms with Gasteiger partial charge in [0.25, 0.3) is 17.5 Å².